The molecule has 198 valence electrons. The van der Waals surface area contributed by atoms with E-state index in [0.717, 1.165) is 69.4 Å². The van der Waals surface area contributed by atoms with Gasteiger partial charge in [-0.1, -0.05) is 37.5 Å². The van der Waals surface area contributed by atoms with Crippen LogP contribution < -0.4 is 5.32 Å². The number of hydrogen-bond donors (Lipinski definition) is 2. The fraction of sp³-hybridized carbons (Fsp3) is 0.250. The minimum atomic E-state index is -0.932. The van der Waals surface area contributed by atoms with E-state index in [9.17, 15) is 9.90 Å². The molecule has 1 saturated carbocycles. The molecule has 0 bridgehead atoms. The summed E-state index contributed by atoms with van der Waals surface area (Å²) in [5, 5.41) is 13.7. The second-order valence-electron chi connectivity index (χ2n) is 9.77. The number of carboxylic acids is 1. The molecule has 0 radical (unpaired) electrons. The molecule has 1 fully saturated rings. The number of aromatic nitrogens is 3. The van der Waals surface area contributed by atoms with Gasteiger partial charge in [-0.05, 0) is 74.4 Å². The highest BCUT2D eigenvalue weighted by Crippen LogP contribution is 2.37. The van der Waals surface area contributed by atoms with Crippen LogP contribution in [0.1, 0.15) is 55.4 Å². The number of pyridine rings is 1. The zero-order chi connectivity index (χ0) is 27.4. The van der Waals surface area contributed by atoms with E-state index in [1.807, 2.05) is 13.1 Å². The minimum absolute atomic E-state index is 0.264. The number of carbonyl (C=O) groups excluding carboxylic acids is 1. The van der Waals surface area contributed by atoms with Gasteiger partial charge in [-0.15, -0.1) is 0 Å². The zero-order valence-electron chi connectivity index (χ0n) is 22.2. The summed E-state index contributed by atoms with van der Waals surface area (Å²) in [6.07, 6.45) is 6.66. The average Bonchev–Trinajstić information content (AvgIpc) is 3.36. The van der Waals surface area contributed by atoms with Crippen LogP contribution in [0, 0.1) is 0 Å². The standard InChI is InChI=1S/C30H28N4O2.C2H4O/c1-31-23-12-7-19(8-13-23)25-14-9-20-17-21(10-15-26(20)32-25)29-33-27-18-22(30(35)36)11-16-28(27)34(29)24-5-3-2-4-6-24;1-2-3/h7-18,24,31H,2-6H2,1H3,(H,35,36);2H,1H3. The van der Waals surface area contributed by atoms with Gasteiger partial charge in [0.05, 0.1) is 27.8 Å². The summed E-state index contributed by atoms with van der Waals surface area (Å²) in [4.78, 5) is 30.2. The molecule has 0 amide bonds. The van der Waals surface area contributed by atoms with Crippen molar-refractivity contribution >= 4 is 39.9 Å². The van der Waals surface area contributed by atoms with Gasteiger partial charge < -0.3 is 19.8 Å². The lowest BCUT2D eigenvalue weighted by atomic mass is 9.94. The summed E-state index contributed by atoms with van der Waals surface area (Å²) < 4.78 is 2.34. The summed E-state index contributed by atoms with van der Waals surface area (Å²) in [6.45, 7) is 1.44. The lowest BCUT2D eigenvalue weighted by molar-refractivity contribution is -0.106. The van der Waals surface area contributed by atoms with Gasteiger partial charge in [0, 0.05) is 35.3 Å². The van der Waals surface area contributed by atoms with Crippen molar-refractivity contribution in [3.63, 3.8) is 0 Å². The fourth-order valence-corrected chi connectivity index (χ4v) is 5.38. The van der Waals surface area contributed by atoms with Crippen LogP contribution in [0.2, 0.25) is 0 Å². The molecule has 1 aliphatic carbocycles. The van der Waals surface area contributed by atoms with E-state index in [1.165, 1.54) is 26.2 Å². The Morgan fingerprint density at radius 1 is 0.897 bits per heavy atom. The van der Waals surface area contributed by atoms with Gasteiger partial charge in [0.2, 0.25) is 0 Å². The maximum Gasteiger partial charge on any atom is 0.335 e. The smallest absolute Gasteiger partial charge is 0.335 e. The summed E-state index contributed by atoms with van der Waals surface area (Å²) >= 11 is 0. The first kappa shape index (κ1) is 26.1. The Bertz CT molecular complexity index is 1630. The second-order valence-corrected chi connectivity index (χ2v) is 9.77. The van der Waals surface area contributed by atoms with Gasteiger partial charge in [0.1, 0.15) is 12.1 Å². The number of nitrogens with one attached hydrogen (secondary N) is 1. The van der Waals surface area contributed by atoms with Crippen molar-refractivity contribution in [1.82, 2.24) is 14.5 Å². The van der Waals surface area contributed by atoms with Crippen LogP contribution in [0.15, 0.2) is 72.8 Å². The normalized spacial score (nSPS) is 13.6. The van der Waals surface area contributed by atoms with Crippen molar-refractivity contribution in [3.8, 4) is 22.6 Å². The van der Waals surface area contributed by atoms with Gasteiger partial charge in [-0.2, -0.15) is 0 Å². The van der Waals surface area contributed by atoms with Gasteiger partial charge in [0.15, 0.2) is 0 Å². The molecule has 1 aliphatic rings. The number of benzene rings is 3. The highest BCUT2D eigenvalue weighted by molar-refractivity contribution is 5.94. The summed E-state index contributed by atoms with van der Waals surface area (Å²) in [7, 11) is 1.91. The van der Waals surface area contributed by atoms with Crippen LogP contribution in [0.4, 0.5) is 5.69 Å². The molecule has 5 aromatic rings. The molecule has 7 heteroatoms. The summed E-state index contributed by atoms with van der Waals surface area (Å²) in [5.74, 6) is -0.0353. The number of hydrogen-bond acceptors (Lipinski definition) is 5. The first-order valence-corrected chi connectivity index (χ1v) is 13.4. The number of fused-ring (bicyclic) bond motifs is 2. The Labute approximate surface area is 227 Å². The molecule has 3 aromatic carbocycles. The van der Waals surface area contributed by atoms with E-state index in [0.29, 0.717) is 6.04 Å². The third-order valence-electron chi connectivity index (χ3n) is 7.29. The molecule has 0 aliphatic heterocycles. The number of anilines is 1. The highest BCUT2D eigenvalue weighted by Gasteiger charge is 2.23. The van der Waals surface area contributed by atoms with Gasteiger partial charge >= 0.3 is 5.97 Å². The van der Waals surface area contributed by atoms with Crippen LogP contribution in [0.25, 0.3) is 44.6 Å². The average molecular weight is 521 g/mol. The van der Waals surface area contributed by atoms with Gasteiger partial charge in [0.25, 0.3) is 0 Å². The van der Waals surface area contributed by atoms with Crippen LogP contribution in [0.5, 0.6) is 0 Å². The maximum absolute atomic E-state index is 11.6. The monoisotopic (exact) mass is 520 g/mol. The molecule has 0 unspecified atom stereocenters. The third kappa shape index (κ3) is 5.39. The van der Waals surface area contributed by atoms with E-state index < -0.39 is 5.97 Å². The predicted molar refractivity (Wildman–Crippen MR) is 156 cm³/mol. The number of carbonyl (C=O) groups is 2. The van der Waals surface area contributed by atoms with Gasteiger partial charge in [-0.3, -0.25) is 0 Å². The number of rotatable bonds is 5. The molecular weight excluding hydrogens is 488 g/mol. The Kier molecular flexibility index (Phi) is 7.68. The lowest BCUT2D eigenvalue weighted by Crippen LogP contribution is -2.14. The fourth-order valence-electron chi connectivity index (χ4n) is 5.38. The van der Waals surface area contributed by atoms with Crippen molar-refractivity contribution in [2.75, 3.05) is 12.4 Å². The second kappa shape index (κ2) is 11.5. The zero-order valence-corrected chi connectivity index (χ0v) is 22.2. The molecule has 2 heterocycles. The lowest BCUT2D eigenvalue weighted by Gasteiger charge is -2.25. The molecule has 6 rings (SSSR count). The number of carboxylic acid groups (broad SMARTS) is 1. The van der Waals surface area contributed by atoms with Crippen LogP contribution >= 0.6 is 0 Å². The number of nitrogens with zero attached hydrogens (tertiary/aromatic N) is 3. The van der Waals surface area contributed by atoms with Crippen molar-refractivity contribution in [2.45, 2.75) is 45.1 Å². The molecule has 2 aromatic heterocycles. The SMILES string of the molecule is CC=O.CNc1ccc(-c2ccc3cc(-c4nc5cc(C(=O)O)ccc5n4C4CCCCC4)ccc3n2)cc1. The molecule has 7 nitrogen and oxygen atoms in total. The molecule has 2 N–H and O–H groups in total. The first-order chi connectivity index (χ1) is 19.0. The molecule has 39 heavy (non-hydrogen) atoms. The molecule has 0 spiro atoms. The summed E-state index contributed by atoms with van der Waals surface area (Å²) in [5.41, 5.74) is 7.04. The van der Waals surface area contributed by atoms with Crippen LogP contribution in [-0.2, 0) is 4.79 Å². The Morgan fingerprint density at radius 3 is 2.31 bits per heavy atom. The topological polar surface area (TPSA) is 97.1 Å². The third-order valence-corrected chi connectivity index (χ3v) is 7.29. The van der Waals surface area contributed by atoms with Crippen LogP contribution in [-0.4, -0.2) is 38.9 Å². The Balaban J connectivity index is 0.000000983. The highest BCUT2D eigenvalue weighted by atomic mass is 16.4. The first-order valence-electron chi connectivity index (χ1n) is 13.4. The summed E-state index contributed by atoms with van der Waals surface area (Å²) in [6, 6.07) is 24.4. The van der Waals surface area contributed by atoms with Crippen molar-refractivity contribution in [1.29, 1.82) is 0 Å². The number of aldehydes is 1. The van der Waals surface area contributed by atoms with E-state index in [4.69, 9.17) is 14.8 Å². The quantitative estimate of drug-likeness (QED) is 0.235. The van der Waals surface area contributed by atoms with E-state index in [-0.39, 0.29) is 5.56 Å². The van der Waals surface area contributed by atoms with Crippen LogP contribution in [0.3, 0.4) is 0 Å². The Hall–Kier alpha value is -4.52. The van der Waals surface area contributed by atoms with E-state index in [1.54, 1.807) is 12.1 Å². The minimum Gasteiger partial charge on any atom is -0.478 e. The van der Waals surface area contributed by atoms with Crippen molar-refractivity contribution < 1.29 is 14.7 Å². The molecule has 0 atom stereocenters. The van der Waals surface area contributed by atoms with E-state index >= 15 is 0 Å². The predicted octanol–water partition coefficient (Wildman–Crippen LogP) is 7.37. The van der Waals surface area contributed by atoms with E-state index in [2.05, 4.69) is 64.5 Å². The maximum atomic E-state index is 11.6. The number of imidazole rings is 1. The number of aromatic carboxylic acids is 1. The Morgan fingerprint density at radius 2 is 1.62 bits per heavy atom. The van der Waals surface area contributed by atoms with Crippen molar-refractivity contribution in [2.24, 2.45) is 0 Å². The van der Waals surface area contributed by atoms with Crippen molar-refractivity contribution in [3.05, 3.63) is 78.4 Å². The molecule has 0 saturated heterocycles. The largest absolute Gasteiger partial charge is 0.478 e. The van der Waals surface area contributed by atoms with Gasteiger partial charge in [-0.25, -0.2) is 14.8 Å². The molecular formula is C32H32N4O3.